The highest BCUT2D eigenvalue weighted by Crippen LogP contribution is 2.12. The minimum atomic E-state index is 0.745. The molecule has 0 saturated heterocycles. The number of benzene rings is 2. The van der Waals surface area contributed by atoms with Gasteiger partial charge in [-0.15, -0.1) is 0 Å². The highest BCUT2D eigenvalue weighted by Gasteiger charge is 2.09. The van der Waals surface area contributed by atoms with Crippen LogP contribution >= 0.6 is 24.4 Å². The Morgan fingerprint density at radius 3 is 1.78 bits per heavy atom. The van der Waals surface area contributed by atoms with Gasteiger partial charge in [0.05, 0.1) is 9.73 Å². The van der Waals surface area contributed by atoms with Crippen molar-refractivity contribution in [2.45, 2.75) is 13.3 Å². The molecule has 0 amide bonds. The fraction of sp³-hybridized carbons (Fsp3) is 0.125. The third kappa shape index (κ3) is 2.89. The zero-order valence-corrected chi connectivity index (χ0v) is 11.9. The van der Waals surface area contributed by atoms with E-state index in [1.807, 2.05) is 30.3 Å². The van der Waals surface area contributed by atoms with Crippen molar-refractivity contribution in [1.29, 1.82) is 0 Å². The summed E-state index contributed by atoms with van der Waals surface area (Å²) in [7, 11) is 0. The number of aryl methyl sites for hydroxylation is 1. The number of rotatable bonds is 4. The van der Waals surface area contributed by atoms with Crippen molar-refractivity contribution in [1.82, 2.24) is 0 Å². The molecular weight excluding hydrogens is 256 g/mol. The lowest BCUT2D eigenvalue weighted by Crippen LogP contribution is -2.11. The summed E-state index contributed by atoms with van der Waals surface area (Å²) in [6.07, 6.45) is 1.04. The van der Waals surface area contributed by atoms with Crippen LogP contribution < -0.4 is 0 Å². The zero-order valence-electron chi connectivity index (χ0n) is 10.2. The summed E-state index contributed by atoms with van der Waals surface area (Å²) in [4.78, 5) is 1.49. The minimum absolute atomic E-state index is 0.745. The maximum Gasteiger partial charge on any atom is 0.0636 e. The lowest BCUT2D eigenvalue weighted by molar-refractivity contribution is 1.14. The van der Waals surface area contributed by atoms with Crippen LogP contribution in [0.4, 0.5) is 0 Å². The SMILES string of the molecule is CCc1ccc(C(=S)C(=S)c2ccccc2)cc1. The second-order valence-electron chi connectivity index (χ2n) is 4.07. The van der Waals surface area contributed by atoms with Crippen LogP contribution in [0, 0.1) is 0 Å². The first-order valence-corrected chi connectivity index (χ1v) is 6.77. The third-order valence-electron chi connectivity index (χ3n) is 2.87. The van der Waals surface area contributed by atoms with Gasteiger partial charge in [-0.05, 0) is 23.1 Å². The lowest BCUT2D eigenvalue weighted by Gasteiger charge is -2.07. The Hall–Kier alpha value is -1.38. The molecule has 0 fully saturated rings. The molecule has 0 radical (unpaired) electrons. The summed E-state index contributed by atoms with van der Waals surface area (Å²) in [5, 5.41) is 0. The van der Waals surface area contributed by atoms with Gasteiger partial charge >= 0.3 is 0 Å². The average molecular weight is 270 g/mol. The van der Waals surface area contributed by atoms with E-state index in [9.17, 15) is 0 Å². The highest BCUT2D eigenvalue weighted by atomic mass is 32.1. The molecule has 0 aliphatic rings. The van der Waals surface area contributed by atoms with E-state index in [-0.39, 0.29) is 0 Å². The third-order valence-corrected chi connectivity index (χ3v) is 3.88. The van der Waals surface area contributed by atoms with E-state index in [0.717, 1.165) is 27.3 Å². The largest absolute Gasteiger partial charge is 0.0778 e. The normalized spacial score (nSPS) is 10.1. The van der Waals surface area contributed by atoms with E-state index >= 15 is 0 Å². The Morgan fingerprint density at radius 1 is 0.778 bits per heavy atom. The number of thiocarbonyl (C=S) groups is 2. The van der Waals surface area contributed by atoms with E-state index < -0.39 is 0 Å². The summed E-state index contributed by atoms with van der Waals surface area (Å²) in [6.45, 7) is 2.14. The van der Waals surface area contributed by atoms with Crippen molar-refractivity contribution in [2.75, 3.05) is 0 Å². The van der Waals surface area contributed by atoms with Crippen LogP contribution in [-0.2, 0) is 6.42 Å². The molecular formula is C16H14S2. The van der Waals surface area contributed by atoms with Crippen LogP contribution in [0.1, 0.15) is 23.6 Å². The fourth-order valence-electron chi connectivity index (χ4n) is 1.74. The number of hydrogen-bond acceptors (Lipinski definition) is 2. The van der Waals surface area contributed by atoms with Crippen molar-refractivity contribution < 1.29 is 0 Å². The van der Waals surface area contributed by atoms with Gasteiger partial charge in [-0.1, -0.05) is 86.0 Å². The Balaban J connectivity index is 2.23. The minimum Gasteiger partial charge on any atom is -0.0778 e. The van der Waals surface area contributed by atoms with Crippen molar-refractivity contribution in [3.8, 4) is 0 Å². The monoisotopic (exact) mass is 270 g/mol. The van der Waals surface area contributed by atoms with Crippen molar-refractivity contribution in [3.05, 3.63) is 71.3 Å². The molecule has 0 nitrogen and oxygen atoms in total. The molecule has 18 heavy (non-hydrogen) atoms. The van der Waals surface area contributed by atoms with Crippen molar-refractivity contribution in [2.24, 2.45) is 0 Å². The molecule has 2 rings (SSSR count). The van der Waals surface area contributed by atoms with Gasteiger partial charge in [-0.3, -0.25) is 0 Å². The van der Waals surface area contributed by atoms with Gasteiger partial charge in [0.1, 0.15) is 0 Å². The molecule has 0 aliphatic carbocycles. The van der Waals surface area contributed by atoms with Crippen LogP contribution in [0.3, 0.4) is 0 Å². The molecule has 0 bridgehead atoms. The maximum atomic E-state index is 5.46. The van der Waals surface area contributed by atoms with Crippen LogP contribution in [0.25, 0.3) is 0 Å². The standard InChI is InChI=1S/C16H14S2/c1-2-12-8-10-14(11-9-12)16(18)15(17)13-6-4-3-5-7-13/h3-11H,2H2,1H3. The van der Waals surface area contributed by atoms with Crippen LogP contribution in [0.2, 0.25) is 0 Å². The van der Waals surface area contributed by atoms with E-state index in [0.29, 0.717) is 0 Å². The smallest absolute Gasteiger partial charge is 0.0636 e. The van der Waals surface area contributed by atoms with Gasteiger partial charge in [0.15, 0.2) is 0 Å². The fourth-order valence-corrected chi connectivity index (χ4v) is 2.25. The molecule has 2 aromatic rings. The van der Waals surface area contributed by atoms with Crippen LogP contribution in [-0.4, -0.2) is 9.73 Å². The van der Waals surface area contributed by atoms with Gasteiger partial charge in [0, 0.05) is 0 Å². The molecule has 2 aromatic carbocycles. The molecule has 0 aromatic heterocycles. The van der Waals surface area contributed by atoms with E-state index in [2.05, 4.69) is 31.2 Å². The van der Waals surface area contributed by atoms with Gasteiger partial charge in [-0.25, -0.2) is 0 Å². The predicted octanol–water partition coefficient (Wildman–Crippen LogP) is 4.39. The van der Waals surface area contributed by atoms with E-state index in [1.165, 1.54) is 5.56 Å². The van der Waals surface area contributed by atoms with Gasteiger partial charge in [0.25, 0.3) is 0 Å². The Morgan fingerprint density at radius 2 is 1.28 bits per heavy atom. The molecule has 0 spiro atoms. The first-order chi connectivity index (χ1) is 8.72. The zero-order chi connectivity index (χ0) is 13.0. The predicted molar refractivity (Wildman–Crippen MR) is 85.7 cm³/mol. The summed E-state index contributed by atoms with van der Waals surface area (Å²) < 4.78 is 0. The molecule has 0 heterocycles. The van der Waals surface area contributed by atoms with E-state index in [4.69, 9.17) is 24.4 Å². The Kier molecular flexibility index (Phi) is 4.34. The lowest BCUT2D eigenvalue weighted by atomic mass is 10.0. The highest BCUT2D eigenvalue weighted by molar-refractivity contribution is 7.90. The van der Waals surface area contributed by atoms with Crippen molar-refractivity contribution in [3.63, 3.8) is 0 Å². The summed E-state index contributed by atoms with van der Waals surface area (Å²) >= 11 is 10.9. The maximum absolute atomic E-state index is 5.46. The second-order valence-corrected chi connectivity index (χ2v) is 4.89. The Bertz CT molecular complexity index is 553. The Labute approximate surface area is 119 Å². The molecule has 0 N–H and O–H groups in total. The quantitative estimate of drug-likeness (QED) is 0.597. The van der Waals surface area contributed by atoms with E-state index in [1.54, 1.807) is 0 Å². The first-order valence-electron chi connectivity index (χ1n) is 5.95. The summed E-state index contributed by atoms with van der Waals surface area (Å²) in [5.41, 5.74) is 3.35. The summed E-state index contributed by atoms with van der Waals surface area (Å²) in [5.74, 6) is 0. The molecule has 0 saturated carbocycles. The molecule has 0 aliphatic heterocycles. The molecule has 90 valence electrons. The molecule has 0 unspecified atom stereocenters. The van der Waals surface area contributed by atoms with Gasteiger partial charge < -0.3 is 0 Å². The van der Waals surface area contributed by atoms with Crippen molar-refractivity contribution >= 4 is 34.2 Å². The van der Waals surface area contributed by atoms with Crippen LogP contribution in [0.5, 0.6) is 0 Å². The average Bonchev–Trinajstić information content (AvgIpc) is 2.47. The number of hydrogen-bond donors (Lipinski definition) is 0. The molecule has 0 atom stereocenters. The first kappa shape index (κ1) is 13.1. The second kappa shape index (κ2) is 5.98. The topological polar surface area (TPSA) is 0 Å². The van der Waals surface area contributed by atoms with Gasteiger partial charge in [-0.2, -0.15) is 0 Å². The van der Waals surface area contributed by atoms with Gasteiger partial charge in [0.2, 0.25) is 0 Å². The summed E-state index contributed by atoms with van der Waals surface area (Å²) in [6, 6.07) is 18.2. The van der Waals surface area contributed by atoms with Crippen LogP contribution in [0.15, 0.2) is 54.6 Å². The molecule has 2 heteroatoms.